The lowest BCUT2D eigenvalue weighted by atomic mass is 10.0. The number of thioether (sulfide) groups is 1. The van der Waals surface area contributed by atoms with Gasteiger partial charge >= 0.3 is 0 Å². The molecule has 2 N–H and O–H groups in total. The van der Waals surface area contributed by atoms with E-state index in [-0.39, 0.29) is 29.5 Å². The van der Waals surface area contributed by atoms with E-state index in [9.17, 15) is 9.59 Å². The number of carbonyl (C=O) groups is 2. The molecule has 0 saturated carbocycles. The van der Waals surface area contributed by atoms with Crippen molar-refractivity contribution in [1.29, 1.82) is 0 Å². The second-order valence-corrected chi connectivity index (χ2v) is 10.8. The van der Waals surface area contributed by atoms with Crippen molar-refractivity contribution in [2.45, 2.75) is 38.5 Å². The summed E-state index contributed by atoms with van der Waals surface area (Å²) in [7, 11) is 0. The minimum Gasteiger partial charge on any atom is -0.342 e. The lowest BCUT2D eigenvalue weighted by molar-refractivity contribution is -0.113. The minimum atomic E-state index is -0.367. The number of aryl methyl sites for hydroxylation is 1. The standard InChI is InChI=1S/C28H30N6O2S2/c1-5-15-34-25(24(18(2)3)31-26(36)21-9-7-6-8-10-21)32-33-28(34)38-17-23(35)30-27-29-22(16-37-27)20-13-11-19(4)12-14-20/h5-14,16,18,24H,1,15,17H2,2-4H3,(H,31,36)(H,29,30,35)/t24-/m0/s1. The normalized spacial score (nSPS) is 11.8. The Balaban J connectivity index is 1.43. The fraction of sp³-hybridized carbons (Fsp3) is 0.250. The third kappa shape index (κ3) is 6.76. The van der Waals surface area contributed by atoms with Crippen LogP contribution in [0.25, 0.3) is 11.3 Å². The summed E-state index contributed by atoms with van der Waals surface area (Å²) in [4.78, 5) is 30.1. The SMILES string of the molecule is C=CCn1c(SCC(=O)Nc2nc(-c3ccc(C)cc3)cs2)nnc1[C@@H](NC(=O)c1ccccc1)C(C)C. The summed E-state index contributed by atoms with van der Waals surface area (Å²) >= 11 is 2.66. The number of hydrogen-bond donors (Lipinski definition) is 2. The highest BCUT2D eigenvalue weighted by Crippen LogP contribution is 2.27. The fourth-order valence-corrected chi connectivity index (χ4v) is 5.25. The summed E-state index contributed by atoms with van der Waals surface area (Å²) in [5.74, 6) is 0.447. The number of aromatic nitrogens is 4. The molecule has 0 aliphatic carbocycles. The summed E-state index contributed by atoms with van der Waals surface area (Å²) in [6.45, 7) is 10.4. The lowest BCUT2D eigenvalue weighted by Gasteiger charge is -2.22. The first-order valence-electron chi connectivity index (χ1n) is 12.2. The molecule has 0 radical (unpaired) electrons. The predicted molar refractivity (Wildman–Crippen MR) is 153 cm³/mol. The van der Waals surface area contributed by atoms with Gasteiger partial charge in [0.25, 0.3) is 5.91 Å². The van der Waals surface area contributed by atoms with Crippen LogP contribution in [0.3, 0.4) is 0 Å². The molecular weight excluding hydrogens is 516 g/mol. The van der Waals surface area contributed by atoms with Crippen molar-refractivity contribution in [3.63, 3.8) is 0 Å². The fourth-order valence-electron chi connectivity index (χ4n) is 3.75. The van der Waals surface area contributed by atoms with Gasteiger partial charge in [-0.2, -0.15) is 0 Å². The highest BCUT2D eigenvalue weighted by Gasteiger charge is 2.26. The Labute approximate surface area is 230 Å². The molecule has 4 rings (SSSR count). The van der Waals surface area contributed by atoms with Crippen molar-refractivity contribution < 1.29 is 9.59 Å². The quantitative estimate of drug-likeness (QED) is 0.183. The van der Waals surface area contributed by atoms with Crippen molar-refractivity contribution in [2.75, 3.05) is 11.1 Å². The number of hydrogen-bond acceptors (Lipinski definition) is 7. The predicted octanol–water partition coefficient (Wildman–Crippen LogP) is 5.75. The van der Waals surface area contributed by atoms with Gasteiger partial charge < -0.3 is 15.2 Å². The number of nitrogens with one attached hydrogen (secondary N) is 2. The Hall–Kier alpha value is -3.76. The van der Waals surface area contributed by atoms with Crippen LogP contribution in [0.2, 0.25) is 0 Å². The second-order valence-electron chi connectivity index (χ2n) is 9.04. The number of thiazole rings is 1. The number of benzene rings is 2. The molecule has 2 heterocycles. The number of anilines is 1. The molecule has 2 aromatic carbocycles. The Kier molecular flexibility index (Phi) is 9.09. The van der Waals surface area contributed by atoms with Crippen LogP contribution in [0.1, 0.15) is 41.6 Å². The van der Waals surface area contributed by atoms with Crippen molar-refractivity contribution in [3.8, 4) is 11.3 Å². The first-order valence-corrected chi connectivity index (χ1v) is 14.1. The van der Waals surface area contributed by atoms with Gasteiger partial charge in [-0.3, -0.25) is 9.59 Å². The maximum absolute atomic E-state index is 12.9. The molecule has 8 nitrogen and oxygen atoms in total. The van der Waals surface area contributed by atoms with Gasteiger partial charge in [0.1, 0.15) is 0 Å². The number of carbonyl (C=O) groups excluding carboxylic acids is 2. The number of allylic oxidation sites excluding steroid dienone is 1. The van der Waals surface area contributed by atoms with Gasteiger partial charge in [-0.1, -0.05) is 79.7 Å². The molecule has 0 saturated heterocycles. The van der Waals surface area contributed by atoms with E-state index >= 15 is 0 Å². The van der Waals surface area contributed by atoms with Crippen molar-refractivity contribution in [2.24, 2.45) is 5.92 Å². The van der Waals surface area contributed by atoms with E-state index in [1.165, 1.54) is 28.7 Å². The molecule has 2 aromatic heterocycles. The maximum atomic E-state index is 12.9. The molecule has 38 heavy (non-hydrogen) atoms. The van der Waals surface area contributed by atoms with Gasteiger partial charge in [0.15, 0.2) is 16.1 Å². The maximum Gasteiger partial charge on any atom is 0.251 e. The highest BCUT2D eigenvalue weighted by molar-refractivity contribution is 7.99. The molecule has 2 amide bonds. The van der Waals surface area contributed by atoms with E-state index in [4.69, 9.17) is 0 Å². The summed E-state index contributed by atoms with van der Waals surface area (Å²) < 4.78 is 1.89. The molecule has 0 bridgehead atoms. The van der Waals surface area contributed by atoms with E-state index < -0.39 is 0 Å². The summed E-state index contributed by atoms with van der Waals surface area (Å²) in [5, 5.41) is 17.7. The summed E-state index contributed by atoms with van der Waals surface area (Å²) in [5.41, 5.74) is 3.59. The van der Waals surface area contributed by atoms with Crippen LogP contribution >= 0.6 is 23.1 Å². The van der Waals surface area contributed by atoms with E-state index in [2.05, 4.69) is 32.4 Å². The van der Waals surface area contributed by atoms with Gasteiger partial charge in [0.05, 0.1) is 17.5 Å². The van der Waals surface area contributed by atoms with Gasteiger partial charge in [-0.25, -0.2) is 4.98 Å². The van der Waals surface area contributed by atoms with Crippen LogP contribution in [0.15, 0.2) is 77.8 Å². The molecule has 0 unspecified atom stereocenters. The average molecular weight is 547 g/mol. The lowest BCUT2D eigenvalue weighted by Crippen LogP contribution is -2.33. The molecule has 0 aliphatic rings. The first-order chi connectivity index (χ1) is 18.4. The zero-order valence-electron chi connectivity index (χ0n) is 21.5. The Morgan fingerprint density at radius 3 is 2.53 bits per heavy atom. The van der Waals surface area contributed by atoms with E-state index in [0.717, 1.165) is 11.3 Å². The zero-order valence-corrected chi connectivity index (χ0v) is 23.2. The number of rotatable bonds is 11. The van der Waals surface area contributed by atoms with Gasteiger partial charge in [0, 0.05) is 23.1 Å². The third-order valence-electron chi connectivity index (χ3n) is 5.75. The van der Waals surface area contributed by atoms with Gasteiger partial charge in [-0.05, 0) is 25.0 Å². The topological polar surface area (TPSA) is 102 Å². The second kappa shape index (κ2) is 12.7. The molecule has 0 aliphatic heterocycles. The van der Waals surface area contributed by atoms with Crippen molar-refractivity contribution >= 4 is 40.0 Å². The largest absolute Gasteiger partial charge is 0.342 e. The van der Waals surface area contributed by atoms with Crippen LogP contribution in [-0.4, -0.2) is 37.3 Å². The highest BCUT2D eigenvalue weighted by atomic mass is 32.2. The van der Waals surface area contributed by atoms with Crippen molar-refractivity contribution in [3.05, 3.63) is 89.6 Å². The van der Waals surface area contributed by atoms with E-state index in [1.54, 1.807) is 18.2 Å². The molecule has 0 fully saturated rings. The van der Waals surface area contributed by atoms with E-state index in [1.807, 2.05) is 73.2 Å². The van der Waals surface area contributed by atoms with Crippen molar-refractivity contribution in [1.82, 2.24) is 25.1 Å². The molecular formula is C28H30N6O2S2. The molecule has 1 atom stereocenters. The Bertz CT molecular complexity index is 1400. The smallest absolute Gasteiger partial charge is 0.251 e. The third-order valence-corrected chi connectivity index (χ3v) is 7.48. The zero-order chi connectivity index (χ0) is 27.1. The molecule has 196 valence electrons. The molecule has 0 spiro atoms. The van der Waals surface area contributed by atoms with E-state index in [0.29, 0.717) is 28.2 Å². The van der Waals surface area contributed by atoms with Crippen LogP contribution in [0, 0.1) is 12.8 Å². The Morgan fingerprint density at radius 2 is 1.84 bits per heavy atom. The van der Waals surface area contributed by atoms with Gasteiger partial charge in [0.2, 0.25) is 5.91 Å². The summed E-state index contributed by atoms with van der Waals surface area (Å²) in [6, 6.07) is 16.8. The number of nitrogens with zero attached hydrogens (tertiary/aromatic N) is 4. The minimum absolute atomic E-state index is 0.0594. The van der Waals surface area contributed by atoms with Crippen LogP contribution in [0.5, 0.6) is 0 Å². The van der Waals surface area contributed by atoms with Crippen LogP contribution < -0.4 is 10.6 Å². The van der Waals surface area contributed by atoms with Crippen LogP contribution in [0.4, 0.5) is 5.13 Å². The number of amides is 2. The Morgan fingerprint density at radius 1 is 1.11 bits per heavy atom. The summed E-state index contributed by atoms with van der Waals surface area (Å²) in [6.07, 6.45) is 1.75. The first kappa shape index (κ1) is 27.3. The monoisotopic (exact) mass is 546 g/mol. The molecule has 10 heteroatoms. The average Bonchev–Trinajstić information content (AvgIpc) is 3.54. The van der Waals surface area contributed by atoms with Crippen LogP contribution in [-0.2, 0) is 11.3 Å². The molecule has 4 aromatic rings. The van der Waals surface area contributed by atoms with Gasteiger partial charge in [-0.15, -0.1) is 28.1 Å².